The molecule has 2 aromatic rings. The zero-order valence-electron chi connectivity index (χ0n) is 12.9. The normalized spacial score (nSPS) is 10.6. The molecule has 0 aliphatic heterocycles. The highest BCUT2D eigenvalue weighted by molar-refractivity contribution is 8.00. The van der Waals surface area contributed by atoms with Gasteiger partial charge in [-0.3, -0.25) is 0 Å². The number of benzene rings is 2. The second kappa shape index (κ2) is 8.67. The van der Waals surface area contributed by atoms with Crippen LogP contribution in [-0.2, 0) is 0 Å². The summed E-state index contributed by atoms with van der Waals surface area (Å²) in [5, 5.41) is 0. The van der Waals surface area contributed by atoms with Crippen molar-refractivity contribution in [2.24, 2.45) is 0 Å². The van der Waals surface area contributed by atoms with Crippen LogP contribution in [0.15, 0.2) is 47.4 Å². The third kappa shape index (κ3) is 6.81. The molecule has 0 heterocycles. The van der Waals surface area contributed by atoms with Crippen molar-refractivity contribution in [3.8, 4) is 5.75 Å². The number of nitrogens with one attached hydrogen (secondary N) is 1. The van der Waals surface area contributed by atoms with E-state index in [0.717, 1.165) is 17.5 Å². The first kappa shape index (κ1) is 19.2. The fraction of sp³-hybridized carbons (Fsp3) is 0.250. The summed E-state index contributed by atoms with van der Waals surface area (Å²) in [6, 6.07) is 10.0. The highest BCUT2D eigenvalue weighted by atomic mass is 32.2. The van der Waals surface area contributed by atoms with Crippen LogP contribution in [0.5, 0.6) is 5.75 Å². The molecule has 0 amide bonds. The van der Waals surface area contributed by atoms with Gasteiger partial charge in [0.2, 0.25) is 0 Å². The Hall–Kier alpha value is -1.89. The lowest BCUT2D eigenvalue weighted by molar-refractivity contribution is -0.274. The van der Waals surface area contributed by atoms with Crippen LogP contribution in [-0.4, -0.2) is 6.36 Å². The number of halogens is 4. The van der Waals surface area contributed by atoms with Gasteiger partial charge in [-0.05, 0) is 60.8 Å². The van der Waals surface area contributed by atoms with E-state index in [1.54, 1.807) is 19.1 Å². The molecule has 0 atom stereocenters. The molecular formula is C16H17F4NOS. The van der Waals surface area contributed by atoms with Crippen LogP contribution >= 0.6 is 11.9 Å². The number of aryl methyl sites for hydroxylation is 1. The van der Waals surface area contributed by atoms with Gasteiger partial charge in [-0.25, -0.2) is 4.39 Å². The Morgan fingerprint density at radius 2 is 1.61 bits per heavy atom. The average Bonchev–Trinajstić information content (AvgIpc) is 2.48. The van der Waals surface area contributed by atoms with Crippen LogP contribution in [0, 0.1) is 12.7 Å². The van der Waals surface area contributed by atoms with Crippen LogP contribution in [0.3, 0.4) is 0 Å². The van der Waals surface area contributed by atoms with Crippen molar-refractivity contribution in [2.75, 3.05) is 4.72 Å². The van der Waals surface area contributed by atoms with Crippen molar-refractivity contribution < 1.29 is 22.3 Å². The van der Waals surface area contributed by atoms with E-state index < -0.39 is 6.36 Å². The Morgan fingerprint density at radius 3 is 2.13 bits per heavy atom. The van der Waals surface area contributed by atoms with Crippen LogP contribution < -0.4 is 9.46 Å². The molecule has 0 aromatic heterocycles. The molecule has 23 heavy (non-hydrogen) atoms. The molecule has 0 aliphatic carbocycles. The molecule has 0 fully saturated rings. The van der Waals surface area contributed by atoms with Gasteiger partial charge in [0.1, 0.15) is 11.6 Å². The van der Waals surface area contributed by atoms with Gasteiger partial charge in [0, 0.05) is 4.90 Å². The van der Waals surface area contributed by atoms with Gasteiger partial charge in [-0.1, -0.05) is 19.9 Å². The number of anilines is 1. The monoisotopic (exact) mass is 347 g/mol. The van der Waals surface area contributed by atoms with Crippen LogP contribution in [0.2, 0.25) is 0 Å². The minimum atomic E-state index is -4.71. The number of hydrogen-bond donors (Lipinski definition) is 1. The van der Waals surface area contributed by atoms with E-state index in [2.05, 4.69) is 9.46 Å². The van der Waals surface area contributed by atoms with Gasteiger partial charge in [0.25, 0.3) is 0 Å². The first-order valence-corrected chi connectivity index (χ1v) is 7.70. The van der Waals surface area contributed by atoms with Crippen LogP contribution in [0.4, 0.5) is 23.2 Å². The van der Waals surface area contributed by atoms with Gasteiger partial charge < -0.3 is 9.46 Å². The number of ether oxygens (including phenoxy) is 1. The molecule has 2 aromatic carbocycles. The molecule has 0 radical (unpaired) electrons. The number of rotatable bonds is 4. The smallest absolute Gasteiger partial charge is 0.406 e. The van der Waals surface area contributed by atoms with E-state index in [4.69, 9.17) is 0 Å². The lowest BCUT2D eigenvalue weighted by atomic mass is 10.2. The highest BCUT2D eigenvalue weighted by Crippen LogP contribution is 2.27. The van der Waals surface area contributed by atoms with E-state index in [1.165, 1.54) is 30.3 Å². The van der Waals surface area contributed by atoms with E-state index in [0.29, 0.717) is 10.6 Å². The Labute approximate surface area is 137 Å². The molecule has 2 rings (SSSR count). The molecule has 7 heteroatoms. The van der Waals surface area contributed by atoms with Crippen molar-refractivity contribution in [3.63, 3.8) is 0 Å². The van der Waals surface area contributed by atoms with Gasteiger partial charge in [0.05, 0.1) is 5.69 Å². The summed E-state index contributed by atoms with van der Waals surface area (Å²) in [5.74, 6) is -0.687. The molecule has 126 valence electrons. The van der Waals surface area contributed by atoms with Crippen LogP contribution in [0.25, 0.3) is 0 Å². The predicted octanol–water partition coefficient (Wildman–Crippen LogP) is 6.18. The minimum Gasteiger partial charge on any atom is -0.406 e. The van der Waals surface area contributed by atoms with Gasteiger partial charge >= 0.3 is 6.36 Å². The third-order valence-electron chi connectivity index (χ3n) is 2.46. The molecule has 0 saturated heterocycles. The van der Waals surface area contributed by atoms with E-state index in [-0.39, 0.29) is 11.6 Å². The van der Waals surface area contributed by atoms with Crippen molar-refractivity contribution in [2.45, 2.75) is 32.0 Å². The standard InChI is InChI=1S/C14H11F4NOS.C2H6/c1-9-2-7-13(12(15)8-9)19-21-11-5-3-10(4-6-11)20-14(16,17)18;1-2/h2-8,19H,1H3;1-2H3. The predicted molar refractivity (Wildman–Crippen MR) is 85.1 cm³/mol. The van der Waals surface area contributed by atoms with Crippen LogP contribution in [0.1, 0.15) is 19.4 Å². The third-order valence-corrected chi connectivity index (χ3v) is 3.29. The van der Waals surface area contributed by atoms with Gasteiger partial charge in [0.15, 0.2) is 0 Å². The van der Waals surface area contributed by atoms with Gasteiger partial charge in [-0.2, -0.15) is 0 Å². The summed E-state index contributed by atoms with van der Waals surface area (Å²) in [5.41, 5.74) is 1.11. The Kier molecular flexibility index (Phi) is 7.22. The van der Waals surface area contributed by atoms with Crippen molar-refractivity contribution in [1.82, 2.24) is 0 Å². The number of alkyl halides is 3. The fourth-order valence-electron chi connectivity index (χ4n) is 1.53. The summed E-state index contributed by atoms with van der Waals surface area (Å²) in [7, 11) is 0. The lowest BCUT2D eigenvalue weighted by Gasteiger charge is -2.10. The highest BCUT2D eigenvalue weighted by Gasteiger charge is 2.30. The lowest BCUT2D eigenvalue weighted by Crippen LogP contribution is -2.16. The molecule has 0 bridgehead atoms. The maximum Gasteiger partial charge on any atom is 0.573 e. The molecule has 0 spiro atoms. The topological polar surface area (TPSA) is 21.3 Å². The molecule has 1 N–H and O–H groups in total. The van der Waals surface area contributed by atoms with Gasteiger partial charge in [-0.15, -0.1) is 13.2 Å². The molecule has 2 nitrogen and oxygen atoms in total. The van der Waals surface area contributed by atoms with Crippen molar-refractivity contribution in [1.29, 1.82) is 0 Å². The SMILES string of the molecule is CC.Cc1ccc(NSc2ccc(OC(F)(F)F)cc2)c(F)c1. The number of hydrogen-bond acceptors (Lipinski definition) is 3. The zero-order chi connectivity index (χ0) is 17.5. The summed E-state index contributed by atoms with van der Waals surface area (Å²) in [6.07, 6.45) is -4.71. The van der Waals surface area contributed by atoms with E-state index in [9.17, 15) is 17.6 Å². The van der Waals surface area contributed by atoms with E-state index in [1.807, 2.05) is 13.8 Å². The maximum absolute atomic E-state index is 13.6. The second-order valence-electron chi connectivity index (χ2n) is 4.21. The minimum absolute atomic E-state index is 0.298. The largest absolute Gasteiger partial charge is 0.573 e. The Bertz CT molecular complexity index is 614. The molecule has 0 aliphatic rings. The molecule has 0 saturated carbocycles. The fourth-order valence-corrected chi connectivity index (χ4v) is 2.19. The summed E-state index contributed by atoms with van der Waals surface area (Å²) < 4.78 is 56.2. The van der Waals surface area contributed by atoms with E-state index >= 15 is 0 Å². The molecule has 0 unspecified atom stereocenters. The first-order valence-electron chi connectivity index (χ1n) is 6.88. The van der Waals surface area contributed by atoms with Crippen molar-refractivity contribution in [3.05, 3.63) is 53.8 Å². The molecular weight excluding hydrogens is 330 g/mol. The quantitative estimate of drug-likeness (QED) is 0.527. The Balaban J connectivity index is 0.00000127. The summed E-state index contributed by atoms with van der Waals surface area (Å²) in [4.78, 5) is 0.629. The maximum atomic E-state index is 13.6. The summed E-state index contributed by atoms with van der Waals surface area (Å²) in [6.45, 7) is 5.78. The first-order chi connectivity index (χ1) is 10.8. The zero-order valence-corrected chi connectivity index (χ0v) is 13.7. The summed E-state index contributed by atoms with van der Waals surface area (Å²) >= 11 is 1.09. The second-order valence-corrected chi connectivity index (χ2v) is 5.09. The van der Waals surface area contributed by atoms with Crippen molar-refractivity contribution >= 4 is 17.6 Å². The average molecular weight is 347 g/mol. The Morgan fingerprint density at radius 1 is 1.00 bits per heavy atom.